The van der Waals surface area contributed by atoms with Crippen LogP contribution in [0.15, 0.2) is 0 Å². The number of hydrogen-bond acceptors (Lipinski definition) is 5. The van der Waals surface area contributed by atoms with Crippen LogP contribution >= 0.6 is 0 Å². The quantitative estimate of drug-likeness (QED) is 0.816. The molecular weight excluding hydrogens is 368 g/mol. The molecule has 8 nitrogen and oxygen atoms in total. The van der Waals surface area contributed by atoms with E-state index < -0.39 is 9.84 Å². The predicted molar refractivity (Wildman–Crippen MR) is 99.4 cm³/mol. The number of nitrogens with one attached hydrogen (secondary N) is 1. The maximum absolute atomic E-state index is 13.0. The Bertz CT molecular complexity index is 855. The molecule has 0 spiro atoms. The average Bonchev–Trinajstić information content (AvgIpc) is 3.22. The van der Waals surface area contributed by atoms with Gasteiger partial charge in [0.1, 0.15) is 5.69 Å². The lowest BCUT2D eigenvalue weighted by Gasteiger charge is -2.26. The third-order valence-corrected chi connectivity index (χ3v) is 7.50. The second kappa shape index (κ2) is 7.26. The first-order valence-electron chi connectivity index (χ1n) is 9.84. The van der Waals surface area contributed by atoms with Gasteiger partial charge in [-0.1, -0.05) is 0 Å². The van der Waals surface area contributed by atoms with Gasteiger partial charge in [-0.3, -0.25) is 9.59 Å². The van der Waals surface area contributed by atoms with E-state index in [-0.39, 0.29) is 35.2 Å². The third-order valence-electron chi connectivity index (χ3n) is 5.73. The van der Waals surface area contributed by atoms with Gasteiger partial charge in [-0.2, -0.15) is 0 Å². The molecule has 4 rings (SSSR count). The van der Waals surface area contributed by atoms with Gasteiger partial charge in [0.15, 0.2) is 15.7 Å². The standard InChI is InChI=1S/C18H26N4O4S/c23-17(19-13-7-11-27(25,26)12-13)16-20-15(14-6-2-5-10-22(14)16)18(24)21-8-3-1-4-9-21/h13H,1-12H2,(H,19,23). The largest absolute Gasteiger partial charge is 0.346 e. The van der Waals surface area contributed by atoms with Crippen molar-refractivity contribution < 1.29 is 18.0 Å². The van der Waals surface area contributed by atoms with Crippen LogP contribution in [0.1, 0.15) is 65.3 Å². The van der Waals surface area contributed by atoms with E-state index in [4.69, 9.17) is 0 Å². The summed E-state index contributed by atoms with van der Waals surface area (Å²) in [5.74, 6) is -0.127. The molecule has 0 saturated carbocycles. The van der Waals surface area contributed by atoms with Crippen LogP contribution in [0.25, 0.3) is 0 Å². The molecule has 1 N–H and O–H groups in total. The highest BCUT2D eigenvalue weighted by Crippen LogP contribution is 2.24. The van der Waals surface area contributed by atoms with Crippen molar-refractivity contribution in [3.63, 3.8) is 0 Å². The van der Waals surface area contributed by atoms with Crippen molar-refractivity contribution in [3.8, 4) is 0 Å². The minimum Gasteiger partial charge on any atom is -0.346 e. The zero-order valence-electron chi connectivity index (χ0n) is 15.4. The smallest absolute Gasteiger partial charge is 0.287 e. The number of sulfone groups is 1. The van der Waals surface area contributed by atoms with E-state index in [9.17, 15) is 18.0 Å². The van der Waals surface area contributed by atoms with Gasteiger partial charge in [0.25, 0.3) is 11.8 Å². The van der Waals surface area contributed by atoms with E-state index in [0.29, 0.717) is 18.7 Å². The third kappa shape index (κ3) is 3.74. The summed E-state index contributed by atoms with van der Waals surface area (Å²) in [6.07, 6.45) is 6.25. The summed E-state index contributed by atoms with van der Waals surface area (Å²) in [5.41, 5.74) is 1.25. The lowest BCUT2D eigenvalue weighted by atomic mass is 10.1. The summed E-state index contributed by atoms with van der Waals surface area (Å²) in [4.78, 5) is 32.1. The molecule has 3 aliphatic heterocycles. The summed E-state index contributed by atoms with van der Waals surface area (Å²) < 4.78 is 25.1. The van der Waals surface area contributed by atoms with E-state index in [0.717, 1.165) is 57.3 Å². The van der Waals surface area contributed by atoms with Crippen LogP contribution in [0.4, 0.5) is 0 Å². The van der Waals surface area contributed by atoms with Crippen molar-refractivity contribution >= 4 is 21.7 Å². The van der Waals surface area contributed by atoms with Crippen molar-refractivity contribution in [1.29, 1.82) is 0 Å². The molecule has 0 radical (unpaired) electrons. The number of imidazole rings is 1. The van der Waals surface area contributed by atoms with E-state index in [1.165, 1.54) is 0 Å². The van der Waals surface area contributed by atoms with Crippen LogP contribution in [0.3, 0.4) is 0 Å². The molecule has 0 bridgehead atoms. The fourth-order valence-electron chi connectivity index (χ4n) is 4.29. The molecule has 2 saturated heterocycles. The lowest BCUT2D eigenvalue weighted by molar-refractivity contribution is 0.0717. The van der Waals surface area contributed by atoms with E-state index >= 15 is 0 Å². The summed E-state index contributed by atoms with van der Waals surface area (Å²) in [5, 5.41) is 2.81. The molecule has 1 unspecified atom stereocenters. The normalized spacial score (nSPS) is 24.4. The van der Waals surface area contributed by atoms with Gasteiger partial charge < -0.3 is 14.8 Å². The van der Waals surface area contributed by atoms with E-state index in [1.54, 1.807) is 0 Å². The Kier molecular flexibility index (Phi) is 4.96. The van der Waals surface area contributed by atoms with Gasteiger partial charge in [0.2, 0.25) is 0 Å². The second-order valence-electron chi connectivity index (χ2n) is 7.77. The number of nitrogens with zero attached hydrogens (tertiary/aromatic N) is 3. The molecule has 27 heavy (non-hydrogen) atoms. The van der Waals surface area contributed by atoms with Gasteiger partial charge in [-0.25, -0.2) is 13.4 Å². The first-order valence-corrected chi connectivity index (χ1v) is 11.7. The first kappa shape index (κ1) is 18.5. The molecular formula is C18H26N4O4S. The van der Waals surface area contributed by atoms with Crippen molar-refractivity contribution in [1.82, 2.24) is 19.8 Å². The SMILES string of the molecule is O=C(NC1CCS(=O)(=O)C1)c1nc(C(=O)N2CCCCC2)c2n1CCCC2. The van der Waals surface area contributed by atoms with Crippen LogP contribution in [0, 0.1) is 0 Å². The Labute approximate surface area is 159 Å². The van der Waals surface area contributed by atoms with Gasteiger partial charge in [-0.15, -0.1) is 0 Å². The molecule has 3 aliphatic rings. The maximum Gasteiger partial charge on any atom is 0.287 e. The van der Waals surface area contributed by atoms with E-state index in [2.05, 4.69) is 10.3 Å². The van der Waals surface area contributed by atoms with Crippen molar-refractivity contribution in [3.05, 3.63) is 17.2 Å². The fourth-order valence-corrected chi connectivity index (χ4v) is 5.97. The van der Waals surface area contributed by atoms with Crippen molar-refractivity contribution in [2.75, 3.05) is 24.6 Å². The molecule has 2 amide bonds. The molecule has 0 aliphatic carbocycles. The van der Waals surface area contributed by atoms with Crippen molar-refractivity contribution in [2.45, 2.75) is 57.5 Å². The summed E-state index contributed by atoms with van der Waals surface area (Å²) in [7, 11) is -3.07. The van der Waals surface area contributed by atoms with Crippen LogP contribution in [-0.2, 0) is 22.8 Å². The number of aromatic nitrogens is 2. The van der Waals surface area contributed by atoms with Crippen LogP contribution in [0.5, 0.6) is 0 Å². The minimum atomic E-state index is -3.07. The molecule has 4 heterocycles. The first-order chi connectivity index (χ1) is 12.9. The van der Waals surface area contributed by atoms with Gasteiger partial charge in [0.05, 0.1) is 17.2 Å². The van der Waals surface area contributed by atoms with E-state index in [1.807, 2.05) is 9.47 Å². The minimum absolute atomic E-state index is 0.0220. The Morgan fingerprint density at radius 3 is 2.48 bits per heavy atom. The molecule has 148 valence electrons. The summed E-state index contributed by atoms with van der Waals surface area (Å²) >= 11 is 0. The molecule has 2 fully saturated rings. The number of fused-ring (bicyclic) bond motifs is 1. The van der Waals surface area contributed by atoms with Crippen LogP contribution in [0.2, 0.25) is 0 Å². The van der Waals surface area contributed by atoms with Gasteiger partial charge in [-0.05, 0) is 44.9 Å². The summed E-state index contributed by atoms with van der Waals surface area (Å²) in [6.45, 7) is 2.15. The Morgan fingerprint density at radius 1 is 1.04 bits per heavy atom. The number of likely N-dealkylation sites (tertiary alicyclic amines) is 1. The predicted octanol–water partition coefficient (Wildman–Crippen LogP) is 0.762. The molecule has 9 heteroatoms. The number of carbonyl (C=O) groups excluding carboxylic acids is 2. The number of amides is 2. The zero-order chi connectivity index (χ0) is 19.0. The van der Waals surface area contributed by atoms with Crippen LogP contribution < -0.4 is 5.32 Å². The molecule has 1 aromatic heterocycles. The average molecular weight is 394 g/mol. The molecule has 0 aromatic carbocycles. The second-order valence-corrected chi connectivity index (χ2v) is 9.99. The highest BCUT2D eigenvalue weighted by molar-refractivity contribution is 7.91. The number of rotatable bonds is 3. The number of piperidine rings is 1. The Balaban J connectivity index is 1.58. The maximum atomic E-state index is 13.0. The van der Waals surface area contributed by atoms with Gasteiger partial charge >= 0.3 is 0 Å². The number of carbonyl (C=O) groups is 2. The fraction of sp³-hybridized carbons (Fsp3) is 0.722. The van der Waals surface area contributed by atoms with Crippen LogP contribution in [-0.4, -0.2) is 65.3 Å². The molecule has 1 atom stereocenters. The highest BCUT2D eigenvalue weighted by atomic mass is 32.2. The summed E-state index contributed by atoms with van der Waals surface area (Å²) in [6, 6.07) is -0.375. The zero-order valence-corrected chi connectivity index (χ0v) is 16.3. The highest BCUT2D eigenvalue weighted by Gasteiger charge is 2.33. The van der Waals surface area contributed by atoms with Crippen molar-refractivity contribution in [2.24, 2.45) is 0 Å². The Hall–Kier alpha value is -1.90. The lowest BCUT2D eigenvalue weighted by Crippen LogP contribution is -2.37. The number of hydrogen-bond donors (Lipinski definition) is 1. The monoisotopic (exact) mass is 394 g/mol. The molecule has 1 aromatic rings. The van der Waals surface area contributed by atoms with Gasteiger partial charge in [0, 0.05) is 25.7 Å². The topological polar surface area (TPSA) is 101 Å². The Morgan fingerprint density at radius 2 is 1.78 bits per heavy atom.